The SMILES string of the molecule is C#CCCCc1cc(N(c2ccccc2)c2cccc3ccccc23)cc2c(CCCC#C)cc(N(c3ccccc3)c3cccc4ccccc34)cc12. The number of anilines is 6. The molecule has 0 saturated heterocycles. The number of fused-ring (bicyclic) bond motifs is 3. The van der Waals surface area contributed by atoms with Gasteiger partial charge in [-0.3, -0.25) is 0 Å². The van der Waals surface area contributed by atoms with Crippen LogP contribution in [-0.4, -0.2) is 0 Å². The molecule has 0 heterocycles. The van der Waals surface area contributed by atoms with E-state index >= 15 is 0 Å². The molecule has 8 aromatic carbocycles. The maximum Gasteiger partial charge on any atom is 0.0540 e. The Labute approximate surface area is 319 Å². The molecule has 8 aromatic rings. The number of hydrogen-bond acceptors (Lipinski definition) is 2. The molecule has 0 aromatic heterocycles. The van der Waals surface area contributed by atoms with Crippen molar-refractivity contribution in [2.45, 2.75) is 38.5 Å². The molecule has 0 saturated carbocycles. The molecular weight excluding hydrogens is 653 g/mol. The van der Waals surface area contributed by atoms with Gasteiger partial charge >= 0.3 is 0 Å². The highest BCUT2D eigenvalue weighted by molar-refractivity contribution is 6.04. The van der Waals surface area contributed by atoms with Crippen molar-refractivity contribution in [1.29, 1.82) is 0 Å². The molecule has 0 spiro atoms. The van der Waals surface area contributed by atoms with E-state index in [-0.39, 0.29) is 0 Å². The van der Waals surface area contributed by atoms with Crippen LogP contribution in [0.4, 0.5) is 34.1 Å². The van der Waals surface area contributed by atoms with Crippen LogP contribution in [-0.2, 0) is 12.8 Å². The lowest BCUT2D eigenvalue weighted by Gasteiger charge is -2.30. The Bertz CT molecular complexity index is 2450. The maximum absolute atomic E-state index is 5.84. The molecule has 0 aliphatic carbocycles. The molecule has 0 aliphatic heterocycles. The molecule has 0 unspecified atom stereocenters. The van der Waals surface area contributed by atoms with Gasteiger partial charge in [0, 0.05) is 46.4 Å². The summed E-state index contributed by atoms with van der Waals surface area (Å²) in [5.41, 5.74) is 9.32. The molecule has 260 valence electrons. The Balaban J connectivity index is 1.41. The average Bonchev–Trinajstić information content (AvgIpc) is 3.22. The van der Waals surface area contributed by atoms with E-state index in [1.807, 2.05) is 0 Å². The van der Waals surface area contributed by atoms with Crippen molar-refractivity contribution in [1.82, 2.24) is 0 Å². The predicted molar refractivity (Wildman–Crippen MR) is 232 cm³/mol. The van der Waals surface area contributed by atoms with Crippen LogP contribution in [0.2, 0.25) is 0 Å². The minimum absolute atomic E-state index is 0.721. The second-order valence-electron chi connectivity index (χ2n) is 13.8. The Hall–Kier alpha value is -6.74. The number of nitrogens with zero attached hydrogens (tertiary/aromatic N) is 2. The second kappa shape index (κ2) is 15.9. The summed E-state index contributed by atoms with van der Waals surface area (Å²) in [6.07, 6.45) is 16.6. The fourth-order valence-corrected chi connectivity index (χ4v) is 7.83. The maximum atomic E-state index is 5.84. The van der Waals surface area contributed by atoms with Crippen molar-refractivity contribution in [3.8, 4) is 24.7 Å². The highest BCUT2D eigenvalue weighted by atomic mass is 15.1. The van der Waals surface area contributed by atoms with Crippen LogP contribution in [0.5, 0.6) is 0 Å². The summed E-state index contributed by atoms with van der Waals surface area (Å²) in [6.45, 7) is 0. The molecule has 0 amide bonds. The van der Waals surface area contributed by atoms with E-state index in [0.29, 0.717) is 0 Å². The van der Waals surface area contributed by atoms with Crippen LogP contribution in [0, 0.1) is 24.7 Å². The van der Waals surface area contributed by atoms with Gasteiger partial charge in [0.05, 0.1) is 11.4 Å². The normalized spacial score (nSPS) is 11.0. The summed E-state index contributed by atoms with van der Waals surface area (Å²) in [5.74, 6) is 5.79. The predicted octanol–water partition coefficient (Wildman–Crippen LogP) is 14.0. The molecular formula is C52H42N2. The van der Waals surface area contributed by atoms with E-state index in [1.54, 1.807) is 0 Å². The van der Waals surface area contributed by atoms with Gasteiger partial charge in [-0.15, -0.1) is 24.7 Å². The van der Waals surface area contributed by atoms with Crippen molar-refractivity contribution < 1.29 is 0 Å². The molecule has 2 heteroatoms. The molecule has 8 rings (SSSR count). The Morgan fingerprint density at radius 3 is 1.19 bits per heavy atom. The van der Waals surface area contributed by atoms with Crippen molar-refractivity contribution in [3.63, 3.8) is 0 Å². The van der Waals surface area contributed by atoms with Crippen LogP contribution >= 0.6 is 0 Å². The molecule has 0 fully saturated rings. The zero-order valence-electron chi connectivity index (χ0n) is 30.5. The summed E-state index contributed by atoms with van der Waals surface area (Å²) in [5, 5.41) is 7.32. The third-order valence-electron chi connectivity index (χ3n) is 10.3. The largest absolute Gasteiger partial charge is 0.310 e. The van der Waals surface area contributed by atoms with Gasteiger partial charge in [0.1, 0.15) is 0 Å². The highest BCUT2D eigenvalue weighted by Gasteiger charge is 2.21. The van der Waals surface area contributed by atoms with Crippen LogP contribution in [0.3, 0.4) is 0 Å². The van der Waals surface area contributed by atoms with Gasteiger partial charge in [-0.1, -0.05) is 109 Å². The van der Waals surface area contributed by atoms with Crippen LogP contribution in [0.15, 0.2) is 170 Å². The molecule has 2 nitrogen and oxygen atoms in total. The monoisotopic (exact) mass is 694 g/mol. The van der Waals surface area contributed by atoms with E-state index in [4.69, 9.17) is 12.8 Å². The number of rotatable bonds is 12. The molecule has 0 aliphatic rings. The van der Waals surface area contributed by atoms with Gasteiger partial charge in [-0.2, -0.15) is 0 Å². The van der Waals surface area contributed by atoms with Gasteiger partial charge in [0.15, 0.2) is 0 Å². The smallest absolute Gasteiger partial charge is 0.0540 e. The first kappa shape index (κ1) is 34.4. The summed E-state index contributed by atoms with van der Waals surface area (Å²) in [4.78, 5) is 4.83. The summed E-state index contributed by atoms with van der Waals surface area (Å²) < 4.78 is 0. The van der Waals surface area contributed by atoms with Crippen molar-refractivity contribution in [2.24, 2.45) is 0 Å². The van der Waals surface area contributed by atoms with Gasteiger partial charge in [0.2, 0.25) is 0 Å². The van der Waals surface area contributed by atoms with Crippen LogP contribution < -0.4 is 9.80 Å². The number of para-hydroxylation sites is 2. The molecule has 0 atom stereocenters. The summed E-state index contributed by atoms with van der Waals surface area (Å²) >= 11 is 0. The lowest BCUT2D eigenvalue weighted by Crippen LogP contribution is -2.13. The van der Waals surface area contributed by atoms with E-state index in [1.165, 1.54) is 43.4 Å². The quantitative estimate of drug-likeness (QED) is 0.0928. The highest BCUT2D eigenvalue weighted by Crippen LogP contribution is 2.45. The van der Waals surface area contributed by atoms with E-state index in [9.17, 15) is 0 Å². The average molecular weight is 695 g/mol. The lowest BCUT2D eigenvalue weighted by atomic mass is 9.92. The van der Waals surface area contributed by atoms with Gasteiger partial charge in [0.25, 0.3) is 0 Å². The first-order chi connectivity index (χ1) is 26.7. The zero-order chi connectivity index (χ0) is 36.7. The Morgan fingerprint density at radius 2 is 0.759 bits per heavy atom. The van der Waals surface area contributed by atoms with Crippen molar-refractivity contribution in [2.75, 3.05) is 9.80 Å². The Kier molecular flexibility index (Phi) is 10.1. The topological polar surface area (TPSA) is 6.48 Å². The lowest BCUT2D eigenvalue weighted by molar-refractivity contribution is 0.858. The molecule has 0 N–H and O–H groups in total. The van der Waals surface area contributed by atoms with Crippen molar-refractivity contribution >= 4 is 66.4 Å². The molecule has 54 heavy (non-hydrogen) atoms. The van der Waals surface area contributed by atoms with E-state index < -0.39 is 0 Å². The van der Waals surface area contributed by atoms with Crippen LogP contribution in [0.1, 0.15) is 36.8 Å². The van der Waals surface area contributed by atoms with Crippen LogP contribution in [0.25, 0.3) is 32.3 Å². The zero-order valence-corrected chi connectivity index (χ0v) is 30.5. The third-order valence-corrected chi connectivity index (χ3v) is 10.3. The minimum Gasteiger partial charge on any atom is -0.310 e. The van der Waals surface area contributed by atoms with E-state index in [0.717, 1.165) is 72.6 Å². The Morgan fingerprint density at radius 1 is 0.370 bits per heavy atom. The fraction of sp³-hybridized carbons (Fsp3) is 0.115. The first-order valence-corrected chi connectivity index (χ1v) is 18.9. The van der Waals surface area contributed by atoms with Crippen molar-refractivity contribution in [3.05, 3.63) is 181 Å². The standard InChI is InChI=1S/C52H42N2/c1-3-5-9-23-41-35-45(53(43-27-11-7-12-28-43)51-33-19-25-39-21-15-17-31-47(39)51)38-50-42(24-10-6-4-2)36-46(37-49(41)50)54(44-29-13-8-14-30-44)52-34-20-26-40-22-16-18-32-48(40)52/h1-2,7-8,11-22,25-38H,5-6,9-10,23-24H2. The first-order valence-electron chi connectivity index (χ1n) is 18.9. The minimum atomic E-state index is 0.721. The second-order valence-corrected chi connectivity index (χ2v) is 13.8. The third kappa shape index (κ3) is 6.91. The molecule has 0 radical (unpaired) electrons. The van der Waals surface area contributed by atoms with Gasteiger partial charge in [-0.05, 0) is 119 Å². The number of aryl methyl sites for hydroxylation is 2. The number of benzene rings is 8. The number of hydrogen-bond donors (Lipinski definition) is 0. The number of unbranched alkanes of at least 4 members (excludes halogenated alkanes) is 2. The van der Waals surface area contributed by atoms with Gasteiger partial charge < -0.3 is 9.80 Å². The summed E-state index contributed by atoms with van der Waals surface area (Å²) in [7, 11) is 0. The summed E-state index contributed by atoms with van der Waals surface area (Å²) in [6, 6.07) is 61.4. The molecule has 0 bridgehead atoms. The number of terminal acetylenes is 2. The fourth-order valence-electron chi connectivity index (χ4n) is 7.83. The van der Waals surface area contributed by atoms with E-state index in [2.05, 4.69) is 191 Å². The van der Waals surface area contributed by atoms with Gasteiger partial charge in [-0.25, -0.2) is 0 Å².